The highest BCUT2D eigenvalue weighted by atomic mass is 16.5. The minimum atomic E-state index is -1.06. The number of carbonyl (C=O) groups excluding carboxylic acids is 1. The molecule has 7 nitrogen and oxygen atoms in total. The molecule has 1 heterocycles. The van der Waals surface area contributed by atoms with Crippen LogP contribution in [0.3, 0.4) is 0 Å². The maximum atomic E-state index is 12.9. The van der Waals surface area contributed by atoms with Gasteiger partial charge < -0.3 is 14.6 Å². The van der Waals surface area contributed by atoms with Gasteiger partial charge in [0.1, 0.15) is 0 Å². The molecule has 0 bridgehead atoms. The van der Waals surface area contributed by atoms with Crippen molar-refractivity contribution in [2.24, 2.45) is 5.10 Å². The fraction of sp³-hybridized carbons (Fsp3) is 0.190. The summed E-state index contributed by atoms with van der Waals surface area (Å²) in [5.41, 5.74) is 2.22. The molecule has 0 fully saturated rings. The first-order chi connectivity index (χ1) is 13.4. The molecule has 3 rings (SSSR count). The number of rotatable bonds is 6. The molecule has 7 heteroatoms. The van der Waals surface area contributed by atoms with Crippen LogP contribution in [0.1, 0.15) is 29.8 Å². The third kappa shape index (κ3) is 3.73. The zero-order valence-corrected chi connectivity index (χ0v) is 15.8. The highest BCUT2D eigenvalue weighted by Crippen LogP contribution is 2.30. The number of aromatic carboxylic acids is 1. The number of hydrogen-bond acceptors (Lipinski definition) is 5. The Morgan fingerprint density at radius 2 is 2.00 bits per heavy atom. The van der Waals surface area contributed by atoms with Gasteiger partial charge in [-0.25, -0.2) is 4.79 Å². The highest BCUT2D eigenvalue weighted by Gasteiger charge is 2.29. The average molecular weight is 380 g/mol. The van der Waals surface area contributed by atoms with Crippen LogP contribution in [0.15, 0.2) is 53.1 Å². The predicted octanol–water partition coefficient (Wildman–Crippen LogP) is 3.60. The Kier molecular flexibility index (Phi) is 5.44. The Hall–Kier alpha value is -3.61. The van der Waals surface area contributed by atoms with Gasteiger partial charge in [-0.2, -0.15) is 10.1 Å². The standard InChI is InChI=1S/C21H20N2O5/c1-4-28-18-9-8-14(11-19(18)27-3)10-17-13(2)22-23(20(17)24)16-7-5-6-15(12-16)21(25)26/h5-12H,4H2,1-3H3,(H,25,26)/b17-10+. The number of benzene rings is 2. The first-order valence-electron chi connectivity index (χ1n) is 8.70. The second kappa shape index (κ2) is 7.96. The number of carbonyl (C=O) groups is 2. The Labute approximate surface area is 162 Å². The average Bonchev–Trinajstić information content (AvgIpc) is 2.97. The zero-order chi connectivity index (χ0) is 20.3. The SMILES string of the molecule is CCOc1ccc(/C=C2/C(=O)N(c3cccc(C(=O)O)c3)N=C2C)cc1OC. The van der Waals surface area contributed by atoms with Gasteiger partial charge >= 0.3 is 5.97 Å². The van der Waals surface area contributed by atoms with Gasteiger partial charge in [-0.1, -0.05) is 12.1 Å². The van der Waals surface area contributed by atoms with E-state index in [0.29, 0.717) is 35.1 Å². The van der Waals surface area contributed by atoms with Crippen LogP contribution in [0.5, 0.6) is 11.5 Å². The fourth-order valence-electron chi connectivity index (χ4n) is 2.85. The molecule has 0 saturated carbocycles. The lowest BCUT2D eigenvalue weighted by Gasteiger charge is -2.12. The number of ether oxygens (including phenoxy) is 2. The number of methoxy groups -OCH3 is 1. The van der Waals surface area contributed by atoms with Crippen LogP contribution in [0, 0.1) is 0 Å². The normalized spacial score (nSPS) is 15.0. The molecule has 0 spiro atoms. The number of carboxylic acid groups (broad SMARTS) is 1. The zero-order valence-electron chi connectivity index (χ0n) is 15.8. The summed E-state index contributed by atoms with van der Waals surface area (Å²) in [6.07, 6.45) is 1.72. The molecule has 0 aliphatic carbocycles. The third-order valence-corrected chi connectivity index (χ3v) is 4.20. The lowest BCUT2D eigenvalue weighted by Crippen LogP contribution is -2.21. The Balaban J connectivity index is 1.93. The number of hydrazone groups is 1. The van der Waals surface area contributed by atoms with Crippen molar-refractivity contribution < 1.29 is 24.2 Å². The lowest BCUT2D eigenvalue weighted by atomic mass is 10.1. The van der Waals surface area contributed by atoms with E-state index in [9.17, 15) is 9.59 Å². The van der Waals surface area contributed by atoms with Crippen molar-refractivity contribution in [2.45, 2.75) is 13.8 Å². The van der Waals surface area contributed by atoms with Gasteiger partial charge in [-0.3, -0.25) is 4.79 Å². The fourth-order valence-corrected chi connectivity index (χ4v) is 2.85. The smallest absolute Gasteiger partial charge is 0.335 e. The van der Waals surface area contributed by atoms with Gasteiger partial charge in [0.05, 0.1) is 36.3 Å². The second-order valence-electron chi connectivity index (χ2n) is 6.06. The quantitative estimate of drug-likeness (QED) is 0.774. The number of hydrogen-bond donors (Lipinski definition) is 1. The molecule has 144 valence electrons. The van der Waals surface area contributed by atoms with Gasteiger partial charge in [-0.15, -0.1) is 0 Å². The molecule has 1 aliphatic heterocycles. The Morgan fingerprint density at radius 1 is 1.21 bits per heavy atom. The van der Waals surface area contributed by atoms with Crippen molar-refractivity contribution in [1.82, 2.24) is 0 Å². The first kappa shape index (κ1) is 19.2. The van der Waals surface area contributed by atoms with E-state index in [2.05, 4.69) is 5.10 Å². The molecule has 1 amide bonds. The van der Waals surface area contributed by atoms with Gasteiger partial charge in [0.15, 0.2) is 11.5 Å². The third-order valence-electron chi connectivity index (χ3n) is 4.20. The molecule has 28 heavy (non-hydrogen) atoms. The molecule has 2 aromatic carbocycles. The first-order valence-corrected chi connectivity index (χ1v) is 8.70. The summed E-state index contributed by atoms with van der Waals surface area (Å²) in [6, 6.07) is 11.5. The van der Waals surface area contributed by atoms with E-state index < -0.39 is 5.97 Å². The van der Waals surface area contributed by atoms with Crippen LogP contribution in [-0.2, 0) is 4.79 Å². The van der Waals surface area contributed by atoms with Crippen molar-refractivity contribution >= 4 is 29.4 Å². The summed E-state index contributed by atoms with van der Waals surface area (Å²) in [6.45, 7) is 4.14. The molecule has 2 aromatic rings. The van der Waals surface area contributed by atoms with E-state index in [-0.39, 0.29) is 11.5 Å². The molecular weight excluding hydrogens is 360 g/mol. The van der Waals surface area contributed by atoms with Crippen molar-refractivity contribution in [1.29, 1.82) is 0 Å². The van der Waals surface area contributed by atoms with E-state index in [1.165, 1.54) is 17.1 Å². The Morgan fingerprint density at radius 3 is 2.68 bits per heavy atom. The molecular formula is C21H20N2O5. The number of nitrogens with zero attached hydrogens (tertiary/aromatic N) is 2. The van der Waals surface area contributed by atoms with Crippen LogP contribution in [0.4, 0.5) is 5.69 Å². The monoisotopic (exact) mass is 380 g/mol. The van der Waals surface area contributed by atoms with Gasteiger partial charge in [0.2, 0.25) is 0 Å². The summed E-state index contributed by atoms with van der Waals surface area (Å²) < 4.78 is 10.9. The van der Waals surface area contributed by atoms with E-state index in [1.807, 2.05) is 13.0 Å². The van der Waals surface area contributed by atoms with Crippen molar-refractivity contribution in [3.63, 3.8) is 0 Å². The van der Waals surface area contributed by atoms with Crippen LogP contribution < -0.4 is 14.5 Å². The van der Waals surface area contributed by atoms with Crippen molar-refractivity contribution in [3.05, 3.63) is 59.2 Å². The molecule has 0 aromatic heterocycles. The van der Waals surface area contributed by atoms with Crippen LogP contribution >= 0.6 is 0 Å². The Bertz CT molecular complexity index is 994. The minimum absolute atomic E-state index is 0.0897. The van der Waals surface area contributed by atoms with Crippen molar-refractivity contribution in [3.8, 4) is 11.5 Å². The molecule has 1 aliphatic rings. The van der Waals surface area contributed by atoms with E-state index in [1.54, 1.807) is 44.4 Å². The summed E-state index contributed by atoms with van der Waals surface area (Å²) in [5, 5.41) is 14.7. The number of carboxylic acids is 1. The van der Waals surface area contributed by atoms with Crippen LogP contribution in [0.25, 0.3) is 6.08 Å². The van der Waals surface area contributed by atoms with Crippen LogP contribution in [-0.4, -0.2) is 36.4 Å². The predicted molar refractivity (Wildman–Crippen MR) is 106 cm³/mol. The summed E-state index contributed by atoms with van der Waals surface area (Å²) in [4.78, 5) is 24.0. The maximum Gasteiger partial charge on any atom is 0.335 e. The minimum Gasteiger partial charge on any atom is -0.493 e. The highest BCUT2D eigenvalue weighted by molar-refractivity contribution is 6.32. The summed E-state index contributed by atoms with van der Waals surface area (Å²) in [7, 11) is 1.55. The molecule has 0 unspecified atom stereocenters. The summed E-state index contributed by atoms with van der Waals surface area (Å²) >= 11 is 0. The van der Waals surface area contributed by atoms with Gasteiger partial charge in [-0.05, 0) is 55.8 Å². The molecule has 0 radical (unpaired) electrons. The number of amides is 1. The van der Waals surface area contributed by atoms with E-state index in [4.69, 9.17) is 14.6 Å². The van der Waals surface area contributed by atoms with E-state index in [0.717, 1.165) is 5.56 Å². The molecule has 0 saturated heterocycles. The molecule has 1 N–H and O–H groups in total. The lowest BCUT2D eigenvalue weighted by molar-refractivity contribution is -0.114. The largest absolute Gasteiger partial charge is 0.493 e. The van der Waals surface area contributed by atoms with Crippen molar-refractivity contribution in [2.75, 3.05) is 18.7 Å². The van der Waals surface area contributed by atoms with E-state index >= 15 is 0 Å². The van der Waals surface area contributed by atoms with Crippen LogP contribution in [0.2, 0.25) is 0 Å². The number of anilines is 1. The van der Waals surface area contributed by atoms with Gasteiger partial charge in [0.25, 0.3) is 5.91 Å². The second-order valence-corrected chi connectivity index (χ2v) is 6.06. The maximum absolute atomic E-state index is 12.9. The topological polar surface area (TPSA) is 88.4 Å². The summed E-state index contributed by atoms with van der Waals surface area (Å²) in [5.74, 6) is -0.191. The van der Waals surface area contributed by atoms with Gasteiger partial charge in [0, 0.05) is 0 Å². The molecule has 0 atom stereocenters.